The minimum atomic E-state index is -3.39. The molecule has 8 heteroatoms. The summed E-state index contributed by atoms with van der Waals surface area (Å²) in [7, 11) is -3.39. The average Bonchev–Trinajstić information content (AvgIpc) is 3.39. The number of thiophene rings is 1. The van der Waals surface area contributed by atoms with Crippen molar-refractivity contribution in [2.45, 2.75) is 48.9 Å². The molecule has 1 atom stereocenters. The lowest BCUT2D eigenvalue weighted by atomic mass is 9.88. The molecule has 0 bridgehead atoms. The first-order valence-electron chi connectivity index (χ1n) is 9.75. The quantitative estimate of drug-likeness (QED) is 0.780. The van der Waals surface area contributed by atoms with Gasteiger partial charge in [-0.15, -0.1) is 11.3 Å². The molecular formula is C20H25N3O3S2. The molecule has 1 unspecified atom stereocenters. The predicted octanol–water partition coefficient (Wildman–Crippen LogP) is 3.41. The molecule has 1 fully saturated rings. The third-order valence-electron chi connectivity index (χ3n) is 5.39. The van der Waals surface area contributed by atoms with Gasteiger partial charge in [-0.25, -0.2) is 13.2 Å². The lowest BCUT2D eigenvalue weighted by molar-refractivity contribution is 0.235. The first-order valence-corrected chi connectivity index (χ1v) is 12.0. The van der Waals surface area contributed by atoms with Gasteiger partial charge in [-0.2, -0.15) is 4.31 Å². The molecule has 6 nitrogen and oxygen atoms in total. The fourth-order valence-corrected chi connectivity index (χ4v) is 6.90. The number of carbonyl (C=O) groups excluding carboxylic acids is 1. The van der Waals surface area contributed by atoms with Crippen LogP contribution in [0.2, 0.25) is 0 Å². The first-order chi connectivity index (χ1) is 13.5. The fourth-order valence-electron chi connectivity index (χ4n) is 3.93. The molecule has 0 spiro atoms. The van der Waals surface area contributed by atoms with Gasteiger partial charge in [0.25, 0.3) is 10.0 Å². The van der Waals surface area contributed by atoms with E-state index in [0.717, 1.165) is 37.0 Å². The SMILES string of the molecule is O=C(NCc1ccc(S(=O)(=O)N2CCCC2)s1)NC1CCCc2ccccc21. The van der Waals surface area contributed by atoms with Crippen LogP contribution in [0.15, 0.2) is 40.6 Å². The smallest absolute Gasteiger partial charge is 0.315 e. The van der Waals surface area contributed by atoms with Crippen LogP contribution < -0.4 is 10.6 Å². The van der Waals surface area contributed by atoms with Crippen LogP contribution in [0.25, 0.3) is 0 Å². The van der Waals surface area contributed by atoms with Gasteiger partial charge in [0.05, 0.1) is 12.6 Å². The Morgan fingerprint density at radius 1 is 1.11 bits per heavy atom. The maximum atomic E-state index is 12.6. The highest BCUT2D eigenvalue weighted by Gasteiger charge is 2.28. The number of hydrogen-bond donors (Lipinski definition) is 2. The van der Waals surface area contributed by atoms with Crippen LogP contribution in [0.4, 0.5) is 4.79 Å². The van der Waals surface area contributed by atoms with Gasteiger partial charge < -0.3 is 10.6 Å². The van der Waals surface area contributed by atoms with E-state index >= 15 is 0 Å². The maximum absolute atomic E-state index is 12.6. The molecule has 0 radical (unpaired) electrons. The van der Waals surface area contributed by atoms with Gasteiger partial charge in [-0.1, -0.05) is 24.3 Å². The van der Waals surface area contributed by atoms with E-state index in [1.165, 1.54) is 22.5 Å². The maximum Gasteiger partial charge on any atom is 0.315 e. The highest BCUT2D eigenvalue weighted by Crippen LogP contribution is 2.30. The van der Waals surface area contributed by atoms with Gasteiger partial charge in [-0.3, -0.25) is 0 Å². The van der Waals surface area contributed by atoms with E-state index < -0.39 is 10.0 Å². The largest absolute Gasteiger partial charge is 0.333 e. The molecule has 1 aromatic heterocycles. The molecular weight excluding hydrogens is 394 g/mol. The molecule has 2 heterocycles. The summed E-state index contributed by atoms with van der Waals surface area (Å²) in [5, 5.41) is 5.92. The monoisotopic (exact) mass is 419 g/mol. The van der Waals surface area contributed by atoms with Gasteiger partial charge in [-0.05, 0) is 55.4 Å². The molecule has 1 saturated heterocycles. The predicted molar refractivity (Wildman–Crippen MR) is 110 cm³/mol. The summed E-state index contributed by atoms with van der Waals surface area (Å²) in [4.78, 5) is 13.2. The van der Waals surface area contributed by atoms with E-state index in [1.54, 1.807) is 16.4 Å². The Labute approximate surface area is 170 Å². The number of fused-ring (bicyclic) bond motifs is 1. The number of benzene rings is 1. The Morgan fingerprint density at radius 3 is 2.71 bits per heavy atom. The molecule has 1 aromatic carbocycles. The summed E-state index contributed by atoms with van der Waals surface area (Å²) < 4.78 is 27.1. The summed E-state index contributed by atoms with van der Waals surface area (Å²) in [5.41, 5.74) is 2.49. The van der Waals surface area contributed by atoms with Crippen LogP contribution in [0.5, 0.6) is 0 Å². The average molecular weight is 420 g/mol. The van der Waals surface area contributed by atoms with E-state index in [-0.39, 0.29) is 12.1 Å². The number of nitrogens with one attached hydrogen (secondary N) is 2. The Hall–Kier alpha value is -1.90. The zero-order valence-corrected chi connectivity index (χ0v) is 17.3. The van der Waals surface area contributed by atoms with Crippen LogP contribution in [0.3, 0.4) is 0 Å². The third-order valence-corrected chi connectivity index (χ3v) is 8.85. The summed E-state index contributed by atoms with van der Waals surface area (Å²) in [6, 6.07) is 11.5. The first kappa shape index (κ1) is 19.4. The van der Waals surface area contributed by atoms with E-state index in [4.69, 9.17) is 0 Å². The van der Waals surface area contributed by atoms with Crippen molar-refractivity contribution < 1.29 is 13.2 Å². The normalized spacial score (nSPS) is 19.9. The van der Waals surface area contributed by atoms with Gasteiger partial charge >= 0.3 is 6.03 Å². The van der Waals surface area contributed by atoms with Gasteiger partial charge in [0.1, 0.15) is 4.21 Å². The molecule has 150 valence electrons. The number of aryl methyl sites for hydroxylation is 1. The summed E-state index contributed by atoms with van der Waals surface area (Å²) in [6.45, 7) is 1.51. The lowest BCUT2D eigenvalue weighted by Gasteiger charge is -2.26. The van der Waals surface area contributed by atoms with E-state index in [2.05, 4.69) is 22.8 Å². The van der Waals surface area contributed by atoms with Crippen LogP contribution in [-0.4, -0.2) is 31.8 Å². The molecule has 2 aliphatic rings. The van der Waals surface area contributed by atoms with Crippen molar-refractivity contribution in [3.05, 3.63) is 52.4 Å². The molecule has 2 amide bonds. The highest BCUT2D eigenvalue weighted by atomic mass is 32.2. The minimum Gasteiger partial charge on any atom is -0.333 e. The van der Waals surface area contributed by atoms with Crippen molar-refractivity contribution in [2.24, 2.45) is 0 Å². The summed E-state index contributed by atoms with van der Waals surface area (Å²) in [6.07, 6.45) is 4.89. The molecule has 28 heavy (non-hydrogen) atoms. The number of sulfonamides is 1. The van der Waals surface area contributed by atoms with Crippen molar-refractivity contribution in [1.29, 1.82) is 0 Å². The number of hydrogen-bond acceptors (Lipinski definition) is 4. The van der Waals surface area contributed by atoms with Crippen LogP contribution >= 0.6 is 11.3 Å². The molecule has 1 aliphatic heterocycles. The Balaban J connectivity index is 1.34. The van der Waals surface area contributed by atoms with Crippen molar-refractivity contribution in [2.75, 3.05) is 13.1 Å². The second-order valence-corrected chi connectivity index (χ2v) is 10.6. The van der Waals surface area contributed by atoms with E-state index in [1.807, 2.05) is 12.1 Å². The number of urea groups is 1. The van der Waals surface area contributed by atoms with Crippen molar-refractivity contribution in [1.82, 2.24) is 14.9 Å². The van der Waals surface area contributed by atoms with Crippen LogP contribution in [0.1, 0.15) is 47.7 Å². The molecule has 2 N–H and O–H groups in total. The Bertz CT molecular complexity index is 949. The second-order valence-electron chi connectivity index (χ2n) is 7.30. The van der Waals surface area contributed by atoms with Gasteiger partial charge in [0.15, 0.2) is 0 Å². The molecule has 0 saturated carbocycles. The van der Waals surface area contributed by atoms with Crippen molar-refractivity contribution in [3.8, 4) is 0 Å². The zero-order chi connectivity index (χ0) is 19.6. The van der Waals surface area contributed by atoms with E-state index in [0.29, 0.717) is 23.8 Å². The highest BCUT2D eigenvalue weighted by molar-refractivity contribution is 7.91. The fraction of sp³-hybridized carbons (Fsp3) is 0.450. The zero-order valence-electron chi connectivity index (χ0n) is 15.7. The standard InChI is InChI=1S/C20H25N3O3S2/c24-20(22-18-9-5-7-15-6-1-2-8-17(15)18)21-14-16-10-11-19(27-16)28(25,26)23-12-3-4-13-23/h1-2,6,8,10-11,18H,3-5,7,9,12-14H2,(H2,21,22,24). The Morgan fingerprint density at radius 2 is 1.89 bits per heavy atom. The van der Waals surface area contributed by atoms with Crippen molar-refractivity contribution >= 4 is 27.4 Å². The van der Waals surface area contributed by atoms with Crippen LogP contribution in [-0.2, 0) is 23.0 Å². The number of carbonyl (C=O) groups is 1. The minimum absolute atomic E-state index is 0.0272. The summed E-state index contributed by atoms with van der Waals surface area (Å²) >= 11 is 1.23. The second kappa shape index (κ2) is 8.23. The molecule has 2 aromatic rings. The van der Waals surface area contributed by atoms with Gasteiger partial charge in [0.2, 0.25) is 0 Å². The van der Waals surface area contributed by atoms with Crippen LogP contribution in [0, 0.1) is 0 Å². The topological polar surface area (TPSA) is 78.5 Å². The van der Waals surface area contributed by atoms with Crippen molar-refractivity contribution in [3.63, 3.8) is 0 Å². The number of rotatable bonds is 5. The molecule has 4 rings (SSSR count). The number of nitrogens with zero attached hydrogens (tertiary/aromatic N) is 1. The third kappa shape index (κ3) is 4.09. The number of amides is 2. The summed E-state index contributed by atoms with van der Waals surface area (Å²) in [5.74, 6) is 0. The van der Waals surface area contributed by atoms with Gasteiger partial charge in [0, 0.05) is 18.0 Å². The molecule has 1 aliphatic carbocycles. The Kier molecular flexibility index (Phi) is 5.70. The van der Waals surface area contributed by atoms with E-state index in [9.17, 15) is 13.2 Å². The lowest BCUT2D eigenvalue weighted by Crippen LogP contribution is -2.38.